The van der Waals surface area contributed by atoms with Gasteiger partial charge in [0.2, 0.25) is 0 Å². The number of piperazine rings is 1. The quantitative estimate of drug-likeness (QED) is 0.340. The molecule has 4 nitrogen and oxygen atoms in total. The van der Waals surface area contributed by atoms with Crippen LogP contribution in [0.25, 0.3) is 10.8 Å². The van der Waals surface area contributed by atoms with E-state index in [0.717, 1.165) is 49.9 Å². The fraction of sp³-hybridized carbons (Fsp3) is 0.267. The molecule has 0 aliphatic carbocycles. The van der Waals surface area contributed by atoms with E-state index in [1.54, 1.807) is 6.08 Å². The number of aromatic nitrogens is 1. The van der Waals surface area contributed by atoms with E-state index in [2.05, 4.69) is 95.2 Å². The Balaban J connectivity index is 1.23. The highest BCUT2D eigenvalue weighted by atomic mass is 16.3. The summed E-state index contributed by atoms with van der Waals surface area (Å²) in [7, 11) is 0. The smallest absolute Gasteiger partial charge is 0.199 e. The molecule has 0 bridgehead atoms. The number of fused-ring (bicyclic) bond motifs is 1. The Morgan fingerprint density at radius 1 is 0.853 bits per heavy atom. The molecule has 0 atom stereocenters. The molecule has 5 rings (SSSR count). The molecule has 1 N–H and O–H groups in total. The minimum Gasteiger partial charge on any atom is -0.494 e. The summed E-state index contributed by atoms with van der Waals surface area (Å²) in [5, 5.41) is 12.6. The lowest BCUT2D eigenvalue weighted by Gasteiger charge is -2.36. The summed E-state index contributed by atoms with van der Waals surface area (Å²) in [6.45, 7) is 9.59. The van der Waals surface area contributed by atoms with Crippen LogP contribution in [0.15, 0.2) is 97.7 Å². The average molecular weight is 452 g/mol. The number of benzene rings is 3. The van der Waals surface area contributed by atoms with Crippen LogP contribution in [0.1, 0.15) is 23.5 Å². The molecule has 0 saturated carbocycles. The Morgan fingerprint density at radius 3 is 2.12 bits per heavy atom. The summed E-state index contributed by atoms with van der Waals surface area (Å²) in [4.78, 5) is 5.03. The van der Waals surface area contributed by atoms with Gasteiger partial charge in [0, 0.05) is 61.3 Å². The number of allylic oxidation sites excluding steroid dienone is 1. The van der Waals surface area contributed by atoms with Crippen molar-refractivity contribution in [2.24, 2.45) is 0 Å². The maximum Gasteiger partial charge on any atom is 0.199 e. The predicted molar refractivity (Wildman–Crippen MR) is 142 cm³/mol. The first-order valence-corrected chi connectivity index (χ1v) is 12.2. The lowest BCUT2D eigenvalue weighted by Crippen LogP contribution is -2.46. The van der Waals surface area contributed by atoms with E-state index < -0.39 is 0 Å². The molecule has 34 heavy (non-hydrogen) atoms. The summed E-state index contributed by atoms with van der Waals surface area (Å²) in [5.74, 6) is 0.744. The summed E-state index contributed by atoms with van der Waals surface area (Å²) < 4.78 is 1.84. The third-order valence-corrected chi connectivity index (χ3v) is 7.05. The van der Waals surface area contributed by atoms with Crippen LogP contribution in [0.2, 0.25) is 0 Å². The zero-order chi connectivity index (χ0) is 23.3. The molecule has 3 aromatic carbocycles. The lowest BCUT2D eigenvalue weighted by atomic mass is 9.88. The Morgan fingerprint density at radius 2 is 1.50 bits per heavy atom. The molecular weight excluding hydrogens is 418 g/mol. The molecule has 1 fully saturated rings. The molecule has 174 valence electrons. The maximum absolute atomic E-state index is 10.6. The number of anilines is 1. The van der Waals surface area contributed by atoms with Gasteiger partial charge in [-0.25, -0.2) is 0 Å². The highest BCUT2D eigenvalue weighted by Gasteiger charge is 2.21. The van der Waals surface area contributed by atoms with Gasteiger partial charge in [-0.15, -0.1) is 6.58 Å². The van der Waals surface area contributed by atoms with Crippen molar-refractivity contribution < 1.29 is 5.11 Å². The zero-order valence-corrected chi connectivity index (χ0v) is 19.7. The molecular formula is C30H33N3O. The van der Waals surface area contributed by atoms with Gasteiger partial charge < -0.3 is 14.6 Å². The monoisotopic (exact) mass is 451 g/mol. The van der Waals surface area contributed by atoms with Crippen LogP contribution >= 0.6 is 0 Å². The third-order valence-electron chi connectivity index (χ3n) is 7.05. The van der Waals surface area contributed by atoms with Crippen LogP contribution < -0.4 is 4.90 Å². The topological polar surface area (TPSA) is 31.6 Å². The first kappa shape index (κ1) is 22.3. The Kier molecular flexibility index (Phi) is 6.68. The molecule has 0 unspecified atom stereocenters. The fourth-order valence-corrected chi connectivity index (χ4v) is 5.15. The number of aromatic hydroxyl groups is 1. The Bertz CT molecular complexity index is 1180. The first-order chi connectivity index (χ1) is 16.7. The summed E-state index contributed by atoms with van der Waals surface area (Å²) in [6, 6.07) is 28.2. The van der Waals surface area contributed by atoms with Gasteiger partial charge in [0.05, 0.1) is 0 Å². The van der Waals surface area contributed by atoms with Crippen molar-refractivity contribution in [2.75, 3.05) is 37.6 Å². The number of nitrogens with zero attached hydrogens (tertiary/aromatic N) is 3. The van der Waals surface area contributed by atoms with Crippen LogP contribution in [0, 0.1) is 0 Å². The summed E-state index contributed by atoms with van der Waals surface area (Å²) in [5.41, 5.74) is 3.97. The van der Waals surface area contributed by atoms with E-state index >= 15 is 0 Å². The minimum absolute atomic E-state index is 0.322. The van der Waals surface area contributed by atoms with E-state index in [9.17, 15) is 5.11 Å². The third kappa shape index (κ3) is 4.73. The standard InChI is InChI=1S/C30H33N3O/c1-2-16-33-23-26-13-14-27(22-29(26)30(33)34)32-20-18-31(19-21-32)17-15-28(24-9-5-3-6-10-24)25-11-7-4-8-12-25/h2-14,22-23,28,34H,1,15-21H2. The van der Waals surface area contributed by atoms with E-state index in [0.29, 0.717) is 18.3 Å². The summed E-state index contributed by atoms with van der Waals surface area (Å²) >= 11 is 0. The SMILES string of the molecule is C=CCn1cc2ccc(N3CCN(CCC(c4ccccc4)c4ccccc4)CC3)cc2c1O. The Hall–Kier alpha value is -3.50. The van der Waals surface area contributed by atoms with E-state index in [1.165, 1.54) is 16.8 Å². The van der Waals surface area contributed by atoms with Gasteiger partial charge >= 0.3 is 0 Å². The average Bonchev–Trinajstić information content (AvgIpc) is 3.20. The summed E-state index contributed by atoms with van der Waals surface area (Å²) in [6.07, 6.45) is 4.91. The second-order valence-electron chi connectivity index (χ2n) is 9.16. The normalized spacial score (nSPS) is 14.7. The highest BCUT2D eigenvalue weighted by molar-refractivity contribution is 5.90. The van der Waals surface area contributed by atoms with Gasteiger partial charge in [-0.2, -0.15) is 0 Å². The number of hydrogen-bond acceptors (Lipinski definition) is 3. The highest BCUT2D eigenvalue weighted by Crippen LogP contribution is 2.32. The van der Waals surface area contributed by atoms with Gasteiger partial charge in [-0.05, 0) is 36.2 Å². The first-order valence-electron chi connectivity index (χ1n) is 12.2. The molecule has 0 spiro atoms. The van der Waals surface area contributed by atoms with Crippen molar-refractivity contribution in [1.29, 1.82) is 0 Å². The van der Waals surface area contributed by atoms with Gasteiger partial charge in [-0.1, -0.05) is 72.8 Å². The van der Waals surface area contributed by atoms with Crippen molar-refractivity contribution >= 4 is 16.5 Å². The molecule has 0 amide bonds. The molecule has 1 aliphatic heterocycles. The fourth-order valence-electron chi connectivity index (χ4n) is 5.15. The second kappa shape index (κ2) is 10.2. The predicted octanol–water partition coefficient (Wildman–Crippen LogP) is 5.88. The molecule has 0 radical (unpaired) electrons. The number of hydrogen-bond donors (Lipinski definition) is 1. The van der Waals surface area contributed by atoms with Crippen LogP contribution in [0.5, 0.6) is 5.88 Å². The lowest BCUT2D eigenvalue weighted by molar-refractivity contribution is 0.251. The molecule has 2 heterocycles. The molecule has 1 saturated heterocycles. The molecule has 1 aliphatic rings. The molecule has 4 heteroatoms. The largest absolute Gasteiger partial charge is 0.494 e. The van der Waals surface area contributed by atoms with Crippen LogP contribution in [-0.2, 0) is 6.54 Å². The minimum atomic E-state index is 0.322. The second-order valence-corrected chi connectivity index (χ2v) is 9.16. The van der Waals surface area contributed by atoms with E-state index in [1.807, 2.05) is 10.8 Å². The Labute approximate surface area is 202 Å². The van der Waals surface area contributed by atoms with Gasteiger partial charge in [-0.3, -0.25) is 4.90 Å². The van der Waals surface area contributed by atoms with Crippen molar-refractivity contribution in [2.45, 2.75) is 18.9 Å². The number of rotatable bonds is 8. The maximum atomic E-state index is 10.6. The van der Waals surface area contributed by atoms with Crippen LogP contribution in [0.3, 0.4) is 0 Å². The molecule has 1 aromatic heterocycles. The molecule has 4 aromatic rings. The van der Waals surface area contributed by atoms with Crippen molar-refractivity contribution in [3.8, 4) is 5.88 Å². The van der Waals surface area contributed by atoms with Crippen LogP contribution in [-0.4, -0.2) is 47.3 Å². The van der Waals surface area contributed by atoms with Crippen molar-refractivity contribution in [1.82, 2.24) is 9.47 Å². The van der Waals surface area contributed by atoms with Gasteiger partial charge in [0.15, 0.2) is 5.88 Å². The van der Waals surface area contributed by atoms with E-state index in [4.69, 9.17) is 0 Å². The van der Waals surface area contributed by atoms with E-state index in [-0.39, 0.29) is 0 Å². The zero-order valence-electron chi connectivity index (χ0n) is 19.7. The van der Waals surface area contributed by atoms with Crippen LogP contribution in [0.4, 0.5) is 5.69 Å². The van der Waals surface area contributed by atoms with Gasteiger partial charge in [0.1, 0.15) is 0 Å². The van der Waals surface area contributed by atoms with Crippen molar-refractivity contribution in [3.05, 3.63) is 109 Å². The van der Waals surface area contributed by atoms with Gasteiger partial charge in [0.25, 0.3) is 0 Å². The van der Waals surface area contributed by atoms with Crippen molar-refractivity contribution in [3.63, 3.8) is 0 Å².